The van der Waals surface area contributed by atoms with E-state index in [-0.39, 0.29) is 18.3 Å². The van der Waals surface area contributed by atoms with Gasteiger partial charge in [-0.1, -0.05) is 6.92 Å². The molecule has 0 aromatic heterocycles. The van der Waals surface area contributed by atoms with E-state index in [9.17, 15) is 9.18 Å². The van der Waals surface area contributed by atoms with E-state index in [4.69, 9.17) is 10.5 Å². The molecule has 3 N–H and O–H groups in total. The summed E-state index contributed by atoms with van der Waals surface area (Å²) in [5, 5.41) is 2.60. The van der Waals surface area contributed by atoms with Crippen LogP contribution in [0.4, 0.5) is 10.1 Å². The second kappa shape index (κ2) is 6.47. The van der Waals surface area contributed by atoms with Gasteiger partial charge in [0, 0.05) is 11.2 Å². The van der Waals surface area contributed by atoms with Crippen molar-refractivity contribution in [2.45, 2.75) is 25.8 Å². The van der Waals surface area contributed by atoms with Gasteiger partial charge in [-0.3, -0.25) is 4.79 Å². The number of nitrogens with one attached hydrogen (secondary N) is 1. The molecule has 0 aliphatic rings. The number of nitrogens with two attached hydrogens (primary N) is 1. The molecule has 0 heterocycles. The fourth-order valence-corrected chi connectivity index (χ4v) is 1.21. The van der Waals surface area contributed by atoms with Crippen molar-refractivity contribution in [2.75, 3.05) is 18.5 Å². The molecule has 0 saturated carbocycles. The van der Waals surface area contributed by atoms with Gasteiger partial charge in [-0.05, 0) is 37.6 Å². The first-order valence-corrected chi connectivity index (χ1v) is 5.85. The van der Waals surface area contributed by atoms with Gasteiger partial charge in [0.2, 0.25) is 5.91 Å². The predicted molar refractivity (Wildman–Crippen MR) is 68.7 cm³/mol. The van der Waals surface area contributed by atoms with Crippen LogP contribution in [0.3, 0.4) is 0 Å². The van der Waals surface area contributed by atoms with E-state index in [0.717, 1.165) is 6.42 Å². The van der Waals surface area contributed by atoms with Crippen LogP contribution < -0.4 is 11.1 Å². The van der Waals surface area contributed by atoms with Crippen molar-refractivity contribution in [1.82, 2.24) is 0 Å². The van der Waals surface area contributed by atoms with Crippen LogP contribution >= 0.6 is 0 Å². The molecule has 1 amide bonds. The van der Waals surface area contributed by atoms with Crippen molar-refractivity contribution in [2.24, 2.45) is 5.73 Å². The van der Waals surface area contributed by atoms with E-state index in [1.165, 1.54) is 24.3 Å². The zero-order valence-corrected chi connectivity index (χ0v) is 10.7. The molecule has 0 fully saturated rings. The predicted octanol–water partition coefficient (Wildman–Crippen LogP) is 1.91. The average molecular weight is 254 g/mol. The number of anilines is 1. The first kappa shape index (κ1) is 14.6. The quantitative estimate of drug-likeness (QED) is 0.815. The highest BCUT2D eigenvalue weighted by Crippen LogP contribution is 2.08. The Labute approximate surface area is 106 Å². The van der Waals surface area contributed by atoms with E-state index in [1.54, 1.807) is 0 Å². The number of benzene rings is 1. The van der Waals surface area contributed by atoms with Crippen molar-refractivity contribution in [3.63, 3.8) is 0 Å². The maximum atomic E-state index is 12.6. The largest absolute Gasteiger partial charge is 0.370 e. The first-order chi connectivity index (χ1) is 8.43. The van der Waals surface area contributed by atoms with Gasteiger partial charge in [0.1, 0.15) is 12.4 Å². The third-order valence-corrected chi connectivity index (χ3v) is 2.60. The van der Waals surface area contributed by atoms with Crippen molar-refractivity contribution in [1.29, 1.82) is 0 Å². The summed E-state index contributed by atoms with van der Waals surface area (Å²) in [7, 11) is 0. The lowest BCUT2D eigenvalue weighted by atomic mass is 10.0. The number of hydrogen-bond donors (Lipinski definition) is 2. The Kier molecular flexibility index (Phi) is 5.25. The monoisotopic (exact) mass is 254 g/mol. The maximum Gasteiger partial charge on any atom is 0.250 e. The molecule has 18 heavy (non-hydrogen) atoms. The second-order valence-electron chi connectivity index (χ2n) is 4.56. The van der Waals surface area contributed by atoms with Crippen molar-refractivity contribution < 1.29 is 13.9 Å². The molecule has 0 aliphatic carbocycles. The molecular formula is C13H19FN2O2. The minimum absolute atomic E-state index is 0.0653. The Balaban J connectivity index is 2.32. The van der Waals surface area contributed by atoms with Gasteiger partial charge in [-0.15, -0.1) is 0 Å². The summed E-state index contributed by atoms with van der Waals surface area (Å²) in [6, 6.07) is 5.55. The molecule has 5 heteroatoms. The Morgan fingerprint density at radius 3 is 2.61 bits per heavy atom. The molecule has 0 bridgehead atoms. The minimum Gasteiger partial charge on any atom is -0.370 e. The second-order valence-corrected chi connectivity index (χ2v) is 4.56. The Morgan fingerprint density at radius 2 is 2.06 bits per heavy atom. The third-order valence-electron chi connectivity index (χ3n) is 2.60. The molecular weight excluding hydrogens is 235 g/mol. The van der Waals surface area contributed by atoms with Crippen LogP contribution in [0.25, 0.3) is 0 Å². The minimum atomic E-state index is -0.420. The number of amides is 1. The SMILES string of the molecule is CCC(C)(N)COCC(=O)Nc1ccc(F)cc1. The van der Waals surface area contributed by atoms with Gasteiger partial charge in [-0.2, -0.15) is 0 Å². The van der Waals surface area contributed by atoms with E-state index in [2.05, 4.69) is 5.32 Å². The van der Waals surface area contributed by atoms with Crippen LogP contribution in [0.2, 0.25) is 0 Å². The lowest BCUT2D eigenvalue weighted by molar-refractivity contribution is -0.121. The van der Waals surface area contributed by atoms with Gasteiger partial charge in [0.15, 0.2) is 0 Å². The number of rotatable bonds is 6. The van der Waals surface area contributed by atoms with Crippen molar-refractivity contribution in [3.05, 3.63) is 30.1 Å². The highest BCUT2D eigenvalue weighted by Gasteiger charge is 2.16. The normalized spacial score (nSPS) is 14.0. The van der Waals surface area contributed by atoms with Gasteiger partial charge >= 0.3 is 0 Å². The standard InChI is InChI=1S/C13H19FN2O2/c1-3-13(2,15)9-18-8-12(17)16-11-6-4-10(14)5-7-11/h4-7H,3,8-9,15H2,1-2H3,(H,16,17). The van der Waals surface area contributed by atoms with Crippen molar-refractivity contribution in [3.8, 4) is 0 Å². The van der Waals surface area contributed by atoms with Gasteiger partial charge in [0.05, 0.1) is 6.61 Å². The number of hydrogen-bond acceptors (Lipinski definition) is 3. The molecule has 1 atom stereocenters. The van der Waals surface area contributed by atoms with Gasteiger partial charge in [-0.25, -0.2) is 4.39 Å². The van der Waals surface area contributed by atoms with Crippen LogP contribution in [-0.4, -0.2) is 24.7 Å². The summed E-state index contributed by atoms with van der Waals surface area (Å²) in [6.07, 6.45) is 0.770. The fraction of sp³-hybridized carbons (Fsp3) is 0.462. The molecule has 0 saturated heterocycles. The Hall–Kier alpha value is -1.46. The molecule has 0 aliphatic heterocycles. The third kappa shape index (κ3) is 5.25. The van der Waals surface area contributed by atoms with E-state index in [1.807, 2.05) is 13.8 Å². The van der Waals surface area contributed by atoms with Crippen LogP contribution in [-0.2, 0) is 9.53 Å². The summed E-state index contributed by atoms with van der Waals surface area (Å²) >= 11 is 0. The van der Waals surface area contributed by atoms with E-state index < -0.39 is 5.54 Å². The summed E-state index contributed by atoms with van der Waals surface area (Å²) in [6.45, 7) is 4.08. The van der Waals surface area contributed by atoms with Crippen molar-refractivity contribution >= 4 is 11.6 Å². The molecule has 1 aromatic carbocycles. The lowest BCUT2D eigenvalue weighted by Gasteiger charge is -2.22. The fourth-order valence-electron chi connectivity index (χ4n) is 1.21. The van der Waals surface area contributed by atoms with Crippen LogP contribution in [0.5, 0.6) is 0 Å². The highest BCUT2D eigenvalue weighted by atomic mass is 19.1. The maximum absolute atomic E-state index is 12.6. The molecule has 1 unspecified atom stereocenters. The molecule has 1 rings (SSSR count). The zero-order chi connectivity index (χ0) is 13.6. The number of carbonyl (C=O) groups excluding carboxylic acids is 1. The van der Waals surface area contributed by atoms with Gasteiger partial charge < -0.3 is 15.8 Å². The Morgan fingerprint density at radius 1 is 1.44 bits per heavy atom. The molecule has 100 valence electrons. The number of ether oxygens (including phenoxy) is 1. The van der Waals surface area contributed by atoms with Crippen LogP contribution in [0, 0.1) is 5.82 Å². The summed E-state index contributed by atoms with van der Waals surface area (Å²) in [5.41, 5.74) is 5.99. The lowest BCUT2D eigenvalue weighted by Crippen LogP contribution is -2.41. The van der Waals surface area contributed by atoms with E-state index in [0.29, 0.717) is 12.3 Å². The summed E-state index contributed by atoms with van der Waals surface area (Å²) < 4.78 is 17.9. The highest BCUT2D eigenvalue weighted by molar-refractivity contribution is 5.91. The topological polar surface area (TPSA) is 64.3 Å². The molecule has 0 spiro atoms. The van der Waals surface area contributed by atoms with Gasteiger partial charge in [0.25, 0.3) is 0 Å². The van der Waals surface area contributed by atoms with Crippen LogP contribution in [0.15, 0.2) is 24.3 Å². The zero-order valence-electron chi connectivity index (χ0n) is 10.7. The van der Waals surface area contributed by atoms with E-state index >= 15 is 0 Å². The number of halogens is 1. The smallest absolute Gasteiger partial charge is 0.250 e. The molecule has 4 nitrogen and oxygen atoms in total. The van der Waals surface area contributed by atoms with Crippen LogP contribution in [0.1, 0.15) is 20.3 Å². The molecule has 0 radical (unpaired) electrons. The summed E-state index contributed by atoms with van der Waals surface area (Å²) in [5.74, 6) is -0.625. The first-order valence-electron chi connectivity index (χ1n) is 5.85. The summed E-state index contributed by atoms with van der Waals surface area (Å²) in [4.78, 5) is 11.5. The Bertz CT molecular complexity index is 390. The molecule has 1 aromatic rings. The number of carbonyl (C=O) groups is 1. The average Bonchev–Trinajstić information content (AvgIpc) is 2.32.